The summed E-state index contributed by atoms with van der Waals surface area (Å²) in [5.74, 6) is 0.233. The Balaban J connectivity index is 2.71. The van der Waals surface area contributed by atoms with Gasteiger partial charge in [0.15, 0.2) is 9.84 Å². The SMILES string of the molecule is [CH]N1CCS(=O)(=O)C1. The van der Waals surface area contributed by atoms with Crippen LogP contribution in [0.4, 0.5) is 0 Å². The summed E-state index contributed by atoms with van der Waals surface area (Å²) in [5, 5.41) is 0. The quantitative estimate of drug-likeness (QED) is 0.440. The summed E-state index contributed by atoms with van der Waals surface area (Å²) in [5.41, 5.74) is 0. The average molecular weight is 133 g/mol. The van der Waals surface area contributed by atoms with Gasteiger partial charge in [-0.15, -0.1) is 0 Å². The molecule has 1 rings (SSSR count). The van der Waals surface area contributed by atoms with Crippen LogP contribution in [0.2, 0.25) is 0 Å². The van der Waals surface area contributed by atoms with Crippen LogP contribution in [0.3, 0.4) is 0 Å². The van der Waals surface area contributed by atoms with E-state index < -0.39 is 9.84 Å². The van der Waals surface area contributed by atoms with Crippen molar-refractivity contribution in [1.29, 1.82) is 0 Å². The van der Waals surface area contributed by atoms with Crippen molar-refractivity contribution in [2.75, 3.05) is 18.2 Å². The van der Waals surface area contributed by atoms with Crippen molar-refractivity contribution in [1.82, 2.24) is 4.90 Å². The highest BCUT2D eigenvalue weighted by Crippen LogP contribution is 2.03. The lowest BCUT2D eigenvalue weighted by atomic mass is 10.7. The number of rotatable bonds is 0. The second kappa shape index (κ2) is 1.70. The molecule has 3 nitrogen and oxygen atoms in total. The van der Waals surface area contributed by atoms with E-state index in [0.717, 1.165) is 0 Å². The predicted molar refractivity (Wildman–Crippen MR) is 29.7 cm³/mol. The first-order valence-corrected chi connectivity index (χ1v) is 4.12. The monoisotopic (exact) mass is 133 g/mol. The predicted octanol–water partition coefficient (Wildman–Crippen LogP) is -0.657. The van der Waals surface area contributed by atoms with Crippen LogP contribution in [0.15, 0.2) is 0 Å². The molecule has 1 fully saturated rings. The number of nitrogens with zero attached hydrogens (tertiary/aromatic N) is 1. The van der Waals surface area contributed by atoms with Gasteiger partial charge < -0.3 is 0 Å². The highest BCUT2D eigenvalue weighted by molar-refractivity contribution is 7.91. The van der Waals surface area contributed by atoms with Crippen molar-refractivity contribution in [3.8, 4) is 0 Å². The maximum atomic E-state index is 10.5. The topological polar surface area (TPSA) is 37.4 Å². The van der Waals surface area contributed by atoms with Gasteiger partial charge >= 0.3 is 0 Å². The third kappa shape index (κ3) is 1.20. The number of hydrogen-bond donors (Lipinski definition) is 0. The van der Waals surface area contributed by atoms with Crippen LogP contribution in [-0.4, -0.2) is 31.5 Å². The summed E-state index contributed by atoms with van der Waals surface area (Å²) in [4.78, 5) is 1.30. The third-order valence-electron chi connectivity index (χ3n) is 1.05. The van der Waals surface area contributed by atoms with Crippen molar-refractivity contribution >= 4 is 9.84 Å². The summed E-state index contributed by atoms with van der Waals surface area (Å²) in [6.07, 6.45) is 0. The third-order valence-corrected chi connectivity index (χ3v) is 2.58. The molecule has 0 aromatic rings. The van der Waals surface area contributed by atoms with Gasteiger partial charge in [0.05, 0.1) is 5.75 Å². The molecule has 0 spiro atoms. The summed E-state index contributed by atoms with van der Waals surface area (Å²) < 4.78 is 21.0. The molecular weight excluding hydrogens is 126 g/mol. The fourth-order valence-corrected chi connectivity index (χ4v) is 1.91. The fourth-order valence-electron chi connectivity index (χ4n) is 0.638. The van der Waals surface area contributed by atoms with Crippen LogP contribution in [0.1, 0.15) is 0 Å². The maximum Gasteiger partial charge on any atom is 0.164 e. The van der Waals surface area contributed by atoms with E-state index >= 15 is 0 Å². The van der Waals surface area contributed by atoms with Gasteiger partial charge in [0, 0.05) is 13.6 Å². The molecule has 1 saturated heterocycles. The lowest BCUT2D eigenvalue weighted by molar-refractivity contribution is 0.478. The first-order chi connectivity index (χ1) is 3.60. The van der Waals surface area contributed by atoms with E-state index in [-0.39, 0.29) is 11.6 Å². The van der Waals surface area contributed by atoms with Crippen LogP contribution in [0.25, 0.3) is 0 Å². The van der Waals surface area contributed by atoms with Crippen molar-refractivity contribution < 1.29 is 8.42 Å². The molecule has 0 atom stereocenters. The lowest BCUT2D eigenvalue weighted by Gasteiger charge is -1.98. The van der Waals surface area contributed by atoms with Gasteiger partial charge in [-0.3, -0.25) is 4.90 Å². The van der Waals surface area contributed by atoms with Crippen molar-refractivity contribution in [2.45, 2.75) is 0 Å². The Morgan fingerprint density at radius 3 is 2.25 bits per heavy atom. The van der Waals surface area contributed by atoms with Crippen LogP contribution in [0, 0.1) is 7.05 Å². The van der Waals surface area contributed by atoms with Crippen LogP contribution >= 0.6 is 0 Å². The normalized spacial score (nSPS) is 28.6. The molecule has 2 radical (unpaired) electrons. The Bertz CT molecular complexity index is 172. The van der Waals surface area contributed by atoms with Gasteiger partial charge in [-0.05, 0) is 0 Å². The maximum absolute atomic E-state index is 10.5. The summed E-state index contributed by atoms with van der Waals surface area (Å²) in [6.45, 7) is 0.475. The van der Waals surface area contributed by atoms with E-state index in [1.807, 2.05) is 0 Å². The molecule has 4 heteroatoms. The van der Waals surface area contributed by atoms with E-state index in [1.54, 1.807) is 0 Å². The second-order valence-electron chi connectivity index (χ2n) is 1.89. The lowest BCUT2D eigenvalue weighted by Crippen LogP contribution is -2.10. The largest absolute Gasteiger partial charge is 0.283 e. The average Bonchev–Trinajstić information content (AvgIpc) is 1.82. The Hall–Kier alpha value is -0.0900. The van der Waals surface area contributed by atoms with Crippen LogP contribution in [0.5, 0.6) is 0 Å². The zero-order valence-corrected chi connectivity index (χ0v) is 5.19. The molecular formula is C4H7NO2S. The van der Waals surface area contributed by atoms with Gasteiger partial charge in [0.1, 0.15) is 5.88 Å². The molecule has 0 bridgehead atoms. The highest BCUT2D eigenvalue weighted by atomic mass is 32.2. The van der Waals surface area contributed by atoms with Crippen molar-refractivity contribution in [3.05, 3.63) is 7.05 Å². The minimum atomic E-state index is -2.79. The molecule has 0 aromatic heterocycles. The minimum absolute atomic E-state index is 0.0208. The van der Waals surface area contributed by atoms with Gasteiger partial charge in [0.25, 0.3) is 0 Å². The molecule has 8 heavy (non-hydrogen) atoms. The Labute approximate surface area is 49.2 Å². The molecule has 0 saturated carbocycles. The molecule has 0 unspecified atom stereocenters. The van der Waals surface area contributed by atoms with E-state index in [1.165, 1.54) is 4.90 Å². The van der Waals surface area contributed by atoms with Crippen molar-refractivity contribution in [3.63, 3.8) is 0 Å². The number of hydrogen-bond acceptors (Lipinski definition) is 3. The van der Waals surface area contributed by atoms with Crippen LogP contribution in [-0.2, 0) is 9.84 Å². The van der Waals surface area contributed by atoms with Crippen molar-refractivity contribution in [2.24, 2.45) is 0 Å². The molecule has 0 aromatic carbocycles. The fraction of sp³-hybridized carbons (Fsp3) is 0.750. The first-order valence-electron chi connectivity index (χ1n) is 2.30. The molecule has 1 aliphatic rings. The minimum Gasteiger partial charge on any atom is -0.283 e. The Morgan fingerprint density at radius 1 is 1.50 bits per heavy atom. The molecule has 0 amide bonds. The van der Waals surface area contributed by atoms with Gasteiger partial charge in [-0.1, -0.05) is 0 Å². The van der Waals surface area contributed by atoms with Gasteiger partial charge in [-0.2, -0.15) is 0 Å². The van der Waals surface area contributed by atoms with E-state index in [9.17, 15) is 8.42 Å². The van der Waals surface area contributed by atoms with Gasteiger partial charge in [-0.25, -0.2) is 8.42 Å². The molecule has 1 aliphatic heterocycles. The molecule has 1 heterocycles. The number of sulfone groups is 1. The molecule has 0 N–H and O–H groups in total. The van der Waals surface area contributed by atoms with Gasteiger partial charge in [0.2, 0.25) is 0 Å². The summed E-state index contributed by atoms with van der Waals surface area (Å²) >= 11 is 0. The molecule has 0 aliphatic carbocycles. The Kier molecular flexibility index (Phi) is 1.28. The first kappa shape index (κ1) is 6.04. The molecule has 46 valence electrons. The Morgan fingerprint density at radius 2 is 2.12 bits per heavy atom. The van der Waals surface area contributed by atoms with E-state index in [2.05, 4.69) is 0 Å². The van der Waals surface area contributed by atoms with Crippen LogP contribution < -0.4 is 0 Å². The van der Waals surface area contributed by atoms with E-state index in [4.69, 9.17) is 7.05 Å². The summed E-state index contributed by atoms with van der Waals surface area (Å²) in [6, 6.07) is 0. The zero-order valence-electron chi connectivity index (χ0n) is 4.37. The zero-order chi connectivity index (χ0) is 6.20. The smallest absolute Gasteiger partial charge is 0.164 e. The highest BCUT2D eigenvalue weighted by Gasteiger charge is 2.21. The summed E-state index contributed by atoms with van der Waals surface area (Å²) in [7, 11) is 2.37. The second-order valence-corrected chi connectivity index (χ2v) is 4.04. The van der Waals surface area contributed by atoms with E-state index in [0.29, 0.717) is 6.54 Å². The standard InChI is InChI=1S/C4H7NO2S/c1-5-2-3-8(6,7)4-5/h1H,2-4H2.